The highest BCUT2D eigenvalue weighted by molar-refractivity contribution is 5.69. The predicted octanol–water partition coefficient (Wildman–Crippen LogP) is 3.50. The van der Waals surface area contributed by atoms with Crippen molar-refractivity contribution in [2.75, 3.05) is 0 Å². The van der Waals surface area contributed by atoms with Crippen LogP contribution >= 0.6 is 0 Å². The summed E-state index contributed by atoms with van der Waals surface area (Å²) in [5.74, 6) is 0. The van der Waals surface area contributed by atoms with Crippen LogP contribution in [-0.4, -0.2) is 16.6 Å². The van der Waals surface area contributed by atoms with Gasteiger partial charge in [-0.15, -0.1) is 0 Å². The number of rotatable bonds is 1. The lowest BCUT2D eigenvalue weighted by molar-refractivity contribution is 0.0241. The van der Waals surface area contributed by atoms with Crippen molar-refractivity contribution in [3.63, 3.8) is 0 Å². The first kappa shape index (κ1) is 12.9. The lowest BCUT2D eigenvalue weighted by Gasteiger charge is -2.24. The first-order chi connectivity index (χ1) is 8.40. The molecule has 0 aliphatic carbocycles. The van der Waals surface area contributed by atoms with Crippen LogP contribution in [0.5, 0.6) is 0 Å². The van der Waals surface area contributed by atoms with Gasteiger partial charge in [-0.25, -0.2) is 4.79 Å². The van der Waals surface area contributed by atoms with Crippen molar-refractivity contribution in [2.24, 2.45) is 0 Å². The Morgan fingerprint density at radius 2 is 2.06 bits per heavy atom. The molecule has 1 aromatic carbocycles. The number of fused-ring (bicyclic) bond motifs is 1. The van der Waals surface area contributed by atoms with Crippen molar-refractivity contribution in [1.29, 1.82) is 0 Å². The van der Waals surface area contributed by atoms with Crippen molar-refractivity contribution in [2.45, 2.75) is 52.8 Å². The summed E-state index contributed by atoms with van der Waals surface area (Å²) >= 11 is 0. The van der Waals surface area contributed by atoms with Crippen LogP contribution in [0.1, 0.15) is 44.4 Å². The summed E-state index contributed by atoms with van der Waals surface area (Å²) in [6.45, 7) is 9.17. The molecule has 2 rings (SSSR count). The minimum absolute atomic E-state index is 0.222. The molecule has 1 amide bonds. The molecule has 1 aliphatic heterocycles. The zero-order valence-electron chi connectivity index (χ0n) is 11.6. The molecule has 0 N–H and O–H groups in total. The number of carbonyl (C=O) groups is 1. The first-order valence-corrected chi connectivity index (χ1v) is 6.48. The highest BCUT2D eigenvalue weighted by Gasteiger charge is 2.28. The number of benzene rings is 1. The van der Waals surface area contributed by atoms with E-state index >= 15 is 0 Å². The molecule has 1 aliphatic rings. The van der Waals surface area contributed by atoms with E-state index in [1.807, 2.05) is 20.8 Å². The SMILES string of the molecule is CCc1cccc2c1CN(C(=O)OC(C)(C)C)C2. The normalized spacial score (nSPS) is 14.6. The fourth-order valence-corrected chi connectivity index (χ4v) is 2.28. The molecule has 3 nitrogen and oxygen atoms in total. The quantitative estimate of drug-likeness (QED) is 0.760. The highest BCUT2D eigenvalue weighted by Crippen LogP contribution is 2.27. The van der Waals surface area contributed by atoms with Gasteiger partial charge in [0.2, 0.25) is 0 Å². The zero-order chi connectivity index (χ0) is 13.3. The maximum atomic E-state index is 12.0. The lowest BCUT2D eigenvalue weighted by atomic mass is 10.0. The second-order valence-corrected chi connectivity index (χ2v) is 5.74. The summed E-state index contributed by atoms with van der Waals surface area (Å²) < 4.78 is 5.41. The average Bonchev–Trinajstić information content (AvgIpc) is 2.70. The Balaban J connectivity index is 2.13. The smallest absolute Gasteiger partial charge is 0.410 e. The number of aryl methyl sites for hydroxylation is 1. The third-order valence-electron chi connectivity index (χ3n) is 3.11. The molecule has 0 saturated carbocycles. The van der Waals surface area contributed by atoms with Gasteiger partial charge in [-0.3, -0.25) is 4.90 Å². The Morgan fingerprint density at radius 1 is 1.33 bits per heavy atom. The zero-order valence-corrected chi connectivity index (χ0v) is 11.6. The van der Waals surface area contributed by atoms with Gasteiger partial charge in [-0.05, 0) is 43.9 Å². The molecule has 0 aromatic heterocycles. The predicted molar refractivity (Wildman–Crippen MR) is 71.3 cm³/mol. The van der Waals surface area contributed by atoms with E-state index in [9.17, 15) is 4.79 Å². The number of nitrogens with zero attached hydrogens (tertiary/aromatic N) is 1. The molecular weight excluding hydrogens is 226 g/mol. The molecule has 1 heterocycles. The van der Waals surface area contributed by atoms with Crippen molar-refractivity contribution in [3.05, 3.63) is 34.9 Å². The molecule has 0 fully saturated rings. The molecule has 1 aromatic rings. The fourth-order valence-electron chi connectivity index (χ4n) is 2.28. The number of hydrogen-bond donors (Lipinski definition) is 0. The van der Waals surface area contributed by atoms with Crippen molar-refractivity contribution in [1.82, 2.24) is 4.90 Å². The molecule has 18 heavy (non-hydrogen) atoms. The van der Waals surface area contributed by atoms with E-state index in [0.29, 0.717) is 13.1 Å². The molecule has 0 unspecified atom stereocenters. The number of amides is 1. The van der Waals surface area contributed by atoms with Gasteiger partial charge in [-0.2, -0.15) is 0 Å². The summed E-state index contributed by atoms with van der Waals surface area (Å²) in [5.41, 5.74) is 3.45. The third-order valence-corrected chi connectivity index (χ3v) is 3.11. The van der Waals surface area contributed by atoms with E-state index in [0.717, 1.165) is 6.42 Å². The van der Waals surface area contributed by atoms with Gasteiger partial charge in [0.1, 0.15) is 5.60 Å². The summed E-state index contributed by atoms with van der Waals surface area (Å²) in [6, 6.07) is 6.30. The van der Waals surface area contributed by atoms with Crippen LogP contribution in [0.25, 0.3) is 0 Å². The standard InChI is InChI=1S/C15H21NO2/c1-5-11-7-6-8-12-9-16(10-13(11)12)14(17)18-15(2,3)4/h6-8H,5,9-10H2,1-4H3. The van der Waals surface area contributed by atoms with Crippen molar-refractivity contribution in [3.8, 4) is 0 Å². The van der Waals surface area contributed by atoms with Crippen LogP contribution < -0.4 is 0 Å². The molecule has 98 valence electrons. The van der Waals surface area contributed by atoms with E-state index in [-0.39, 0.29) is 6.09 Å². The van der Waals surface area contributed by atoms with Gasteiger partial charge in [0.25, 0.3) is 0 Å². The summed E-state index contributed by atoms with van der Waals surface area (Å²) in [7, 11) is 0. The van der Waals surface area contributed by atoms with Crippen LogP contribution in [0.2, 0.25) is 0 Å². The maximum absolute atomic E-state index is 12.0. The summed E-state index contributed by atoms with van der Waals surface area (Å²) in [5, 5.41) is 0. The van der Waals surface area contributed by atoms with E-state index in [2.05, 4.69) is 25.1 Å². The van der Waals surface area contributed by atoms with Gasteiger partial charge in [0, 0.05) is 13.1 Å². The van der Waals surface area contributed by atoms with Crippen LogP contribution in [0.4, 0.5) is 4.79 Å². The molecule has 0 saturated heterocycles. The van der Waals surface area contributed by atoms with Crippen LogP contribution in [-0.2, 0) is 24.2 Å². The van der Waals surface area contributed by atoms with Crippen molar-refractivity contribution >= 4 is 6.09 Å². The van der Waals surface area contributed by atoms with Gasteiger partial charge in [0.05, 0.1) is 0 Å². The highest BCUT2D eigenvalue weighted by atomic mass is 16.6. The summed E-state index contributed by atoms with van der Waals surface area (Å²) in [4.78, 5) is 13.8. The van der Waals surface area contributed by atoms with Crippen LogP contribution in [0, 0.1) is 0 Å². The maximum Gasteiger partial charge on any atom is 0.410 e. The average molecular weight is 247 g/mol. The van der Waals surface area contributed by atoms with Crippen molar-refractivity contribution < 1.29 is 9.53 Å². The number of carbonyl (C=O) groups excluding carboxylic acids is 1. The van der Waals surface area contributed by atoms with E-state index < -0.39 is 5.60 Å². The Labute approximate surface area is 109 Å². The molecular formula is C15H21NO2. The van der Waals surface area contributed by atoms with E-state index in [1.165, 1.54) is 16.7 Å². The molecule has 0 bridgehead atoms. The second kappa shape index (κ2) is 4.63. The van der Waals surface area contributed by atoms with E-state index in [4.69, 9.17) is 4.74 Å². The Kier molecular flexibility index (Phi) is 3.33. The van der Waals surface area contributed by atoms with Gasteiger partial charge in [-0.1, -0.05) is 25.1 Å². The second-order valence-electron chi connectivity index (χ2n) is 5.74. The van der Waals surface area contributed by atoms with Gasteiger partial charge >= 0.3 is 6.09 Å². The monoisotopic (exact) mass is 247 g/mol. The minimum Gasteiger partial charge on any atom is -0.444 e. The largest absolute Gasteiger partial charge is 0.444 e. The third kappa shape index (κ3) is 2.66. The Bertz CT molecular complexity index is 460. The number of hydrogen-bond acceptors (Lipinski definition) is 2. The lowest BCUT2D eigenvalue weighted by Crippen LogP contribution is -2.33. The van der Waals surface area contributed by atoms with Gasteiger partial charge < -0.3 is 4.74 Å². The molecule has 3 heteroatoms. The van der Waals surface area contributed by atoms with Crippen LogP contribution in [0.3, 0.4) is 0 Å². The topological polar surface area (TPSA) is 29.5 Å². The molecule has 0 spiro atoms. The van der Waals surface area contributed by atoms with Gasteiger partial charge in [0.15, 0.2) is 0 Å². The molecule has 0 atom stereocenters. The first-order valence-electron chi connectivity index (χ1n) is 6.48. The summed E-state index contributed by atoms with van der Waals surface area (Å²) in [6.07, 6.45) is 0.784. The Hall–Kier alpha value is -1.51. The van der Waals surface area contributed by atoms with Crippen LogP contribution in [0.15, 0.2) is 18.2 Å². The molecule has 0 radical (unpaired) electrons. The van der Waals surface area contributed by atoms with E-state index in [1.54, 1.807) is 4.90 Å². The Morgan fingerprint density at radius 3 is 2.67 bits per heavy atom. The minimum atomic E-state index is -0.431. The fraction of sp³-hybridized carbons (Fsp3) is 0.533. The number of ether oxygens (including phenoxy) is 1.